The van der Waals surface area contributed by atoms with Gasteiger partial charge in [-0.15, -0.1) is 10.2 Å². The summed E-state index contributed by atoms with van der Waals surface area (Å²) >= 11 is 2.54. The number of thioether (sulfide) groups is 1. The first kappa shape index (κ1) is 14.2. The first-order valence-corrected chi connectivity index (χ1v) is 6.85. The molecule has 0 aromatic carbocycles. The van der Waals surface area contributed by atoms with E-state index in [1.54, 1.807) is 7.11 Å². The van der Waals surface area contributed by atoms with Crippen molar-refractivity contribution in [3.05, 3.63) is 0 Å². The Morgan fingerprint density at radius 2 is 2.41 bits per heavy atom. The number of nitrogens with zero attached hydrogens (tertiary/aromatic N) is 2. The highest BCUT2D eigenvalue weighted by Crippen LogP contribution is 2.25. The minimum atomic E-state index is -0.854. The van der Waals surface area contributed by atoms with Crippen LogP contribution < -0.4 is 5.32 Å². The van der Waals surface area contributed by atoms with Gasteiger partial charge in [0.2, 0.25) is 5.13 Å². The molecule has 1 atom stereocenters. The fraction of sp³-hybridized carbons (Fsp3) is 0.667. The van der Waals surface area contributed by atoms with E-state index in [4.69, 9.17) is 9.84 Å². The molecule has 0 bridgehead atoms. The topological polar surface area (TPSA) is 84.3 Å². The van der Waals surface area contributed by atoms with Crippen LogP contribution in [-0.2, 0) is 9.53 Å². The number of carboxylic acids is 1. The number of methoxy groups -OCH3 is 1. The molecule has 1 heterocycles. The van der Waals surface area contributed by atoms with E-state index < -0.39 is 5.97 Å². The maximum atomic E-state index is 10.4. The average molecular weight is 277 g/mol. The summed E-state index contributed by atoms with van der Waals surface area (Å²) in [5.74, 6) is -0.846. The van der Waals surface area contributed by atoms with E-state index in [-0.39, 0.29) is 11.8 Å². The lowest BCUT2D eigenvalue weighted by Crippen LogP contribution is -2.16. The van der Waals surface area contributed by atoms with E-state index in [1.807, 2.05) is 6.92 Å². The second-order valence-corrected chi connectivity index (χ2v) is 5.58. The van der Waals surface area contributed by atoms with Crippen molar-refractivity contribution in [3.8, 4) is 0 Å². The Morgan fingerprint density at radius 1 is 1.65 bits per heavy atom. The minimum Gasteiger partial charge on any atom is -0.481 e. The fourth-order valence-corrected chi connectivity index (χ4v) is 2.61. The van der Waals surface area contributed by atoms with Crippen LogP contribution in [0.2, 0.25) is 0 Å². The normalized spacial score (nSPS) is 12.4. The lowest BCUT2D eigenvalue weighted by atomic mass is 10.2. The summed E-state index contributed by atoms with van der Waals surface area (Å²) < 4.78 is 5.64. The largest absolute Gasteiger partial charge is 0.481 e. The minimum absolute atomic E-state index is 0.00780. The number of carbonyl (C=O) groups is 1. The van der Waals surface area contributed by atoms with Gasteiger partial charge in [-0.05, 0) is 13.3 Å². The molecule has 0 radical (unpaired) electrons. The monoisotopic (exact) mass is 277 g/mol. The van der Waals surface area contributed by atoms with E-state index in [1.165, 1.54) is 23.1 Å². The van der Waals surface area contributed by atoms with Crippen LogP contribution in [0.1, 0.15) is 13.3 Å². The van der Waals surface area contributed by atoms with Crippen molar-refractivity contribution in [1.29, 1.82) is 0 Å². The lowest BCUT2D eigenvalue weighted by molar-refractivity contribution is -0.133. The molecular weight excluding hydrogens is 262 g/mol. The highest BCUT2D eigenvalue weighted by molar-refractivity contribution is 8.01. The van der Waals surface area contributed by atoms with Crippen LogP contribution in [0.5, 0.6) is 0 Å². The van der Waals surface area contributed by atoms with Crippen molar-refractivity contribution >= 4 is 34.2 Å². The van der Waals surface area contributed by atoms with Gasteiger partial charge >= 0.3 is 5.97 Å². The van der Waals surface area contributed by atoms with Crippen LogP contribution >= 0.6 is 23.1 Å². The van der Waals surface area contributed by atoms with Crippen LogP contribution in [0.25, 0.3) is 0 Å². The van der Waals surface area contributed by atoms with Crippen LogP contribution in [0.15, 0.2) is 4.34 Å². The lowest BCUT2D eigenvalue weighted by Gasteiger charge is -2.10. The van der Waals surface area contributed by atoms with Crippen LogP contribution in [-0.4, -0.2) is 46.8 Å². The molecule has 0 amide bonds. The van der Waals surface area contributed by atoms with Crippen LogP contribution in [0, 0.1) is 0 Å². The van der Waals surface area contributed by atoms with Crippen molar-refractivity contribution in [3.63, 3.8) is 0 Å². The summed E-state index contributed by atoms with van der Waals surface area (Å²) in [6, 6.07) is 0.250. The van der Waals surface area contributed by atoms with E-state index in [2.05, 4.69) is 15.5 Å². The van der Waals surface area contributed by atoms with Crippen molar-refractivity contribution in [2.75, 3.05) is 24.8 Å². The third kappa shape index (κ3) is 5.85. The predicted octanol–water partition coefficient (Wildman–Crippen LogP) is 1.55. The molecular formula is C9H15N3O3S2. The Kier molecular flexibility index (Phi) is 6.23. The molecule has 96 valence electrons. The van der Waals surface area contributed by atoms with E-state index in [9.17, 15) is 4.79 Å². The van der Waals surface area contributed by atoms with Gasteiger partial charge < -0.3 is 15.2 Å². The smallest absolute Gasteiger partial charge is 0.313 e. The second-order valence-electron chi connectivity index (χ2n) is 3.38. The molecule has 0 aliphatic carbocycles. The predicted molar refractivity (Wildman–Crippen MR) is 67.8 cm³/mol. The molecule has 1 rings (SSSR count). The number of carboxylic acid groups (broad SMARTS) is 1. The maximum Gasteiger partial charge on any atom is 0.313 e. The quantitative estimate of drug-likeness (QED) is 0.697. The number of hydrogen-bond acceptors (Lipinski definition) is 7. The van der Waals surface area contributed by atoms with E-state index >= 15 is 0 Å². The summed E-state index contributed by atoms with van der Waals surface area (Å²) in [4.78, 5) is 10.4. The number of rotatable bonds is 8. The molecule has 1 aromatic rings. The van der Waals surface area contributed by atoms with Gasteiger partial charge in [-0.2, -0.15) is 0 Å². The number of ether oxygens (including phenoxy) is 1. The van der Waals surface area contributed by atoms with Gasteiger partial charge in [0, 0.05) is 19.8 Å². The van der Waals surface area contributed by atoms with Gasteiger partial charge in [-0.1, -0.05) is 23.1 Å². The molecule has 0 spiro atoms. The zero-order valence-corrected chi connectivity index (χ0v) is 11.3. The summed E-state index contributed by atoms with van der Waals surface area (Å²) in [6.45, 7) is 2.72. The van der Waals surface area contributed by atoms with Crippen molar-refractivity contribution in [1.82, 2.24) is 10.2 Å². The number of aromatic nitrogens is 2. The molecule has 0 aliphatic heterocycles. The standard InChI is InChI=1S/C9H15N3O3S2/c1-6(3-4-15-2)10-8-11-12-9(17-8)16-5-7(13)14/h6H,3-5H2,1-2H3,(H,10,11)(H,13,14). The molecule has 8 heteroatoms. The van der Waals surface area contributed by atoms with E-state index in [0.29, 0.717) is 16.1 Å². The Labute approximate surface area is 108 Å². The molecule has 1 aromatic heterocycles. The molecule has 0 fully saturated rings. The first-order chi connectivity index (χ1) is 8.11. The highest BCUT2D eigenvalue weighted by atomic mass is 32.2. The first-order valence-electron chi connectivity index (χ1n) is 5.05. The Bertz CT molecular complexity index is 359. The van der Waals surface area contributed by atoms with Gasteiger partial charge in [0.1, 0.15) is 0 Å². The Morgan fingerprint density at radius 3 is 3.06 bits per heavy atom. The maximum absolute atomic E-state index is 10.4. The highest BCUT2D eigenvalue weighted by Gasteiger charge is 2.09. The van der Waals surface area contributed by atoms with Gasteiger partial charge in [0.05, 0.1) is 5.75 Å². The Balaban J connectivity index is 2.37. The number of nitrogens with one attached hydrogen (secondary N) is 1. The summed E-state index contributed by atoms with van der Waals surface area (Å²) in [5.41, 5.74) is 0. The van der Waals surface area contributed by atoms with Gasteiger partial charge in [-0.3, -0.25) is 4.79 Å². The zero-order valence-electron chi connectivity index (χ0n) is 9.67. The van der Waals surface area contributed by atoms with Crippen molar-refractivity contribution in [2.45, 2.75) is 23.7 Å². The molecule has 0 aliphatic rings. The second kappa shape index (κ2) is 7.46. The average Bonchev–Trinajstić information content (AvgIpc) is 2.71. The number of aliphatic carboxylic acids is 1. The fourth-order valence-electron chi connectivity index (χ4n) is 1.03. The van der Waals surface area contributed by atoms with E-state index in [0.717, 1.165) is 6.42 Å². The van der Waals surface area contributed by atoms with Crippen molar-refractivity contribution in [2.24, 2.45) is 0 Å². The molecule has 1 unspecified atom stereocenters. The molecule has 17 heavy (non-hydrogen) atoms. The summed E-state index contributed by atoms with van der Waals surface area (Å²) in [7, 11) is 1.66. The Hall–Kier alpha value is -0.860. The SMILES string of the molecule is COCCC(C)Nc1nnc(SCC(=O)O)s1. The third-order valence-corrected chi connectivity index (χ3v) is 3.82. The van der Waals surface area contributed by atoms with Gasteiger partial charge in [0.25, 0.3) is 0 Å². The van der Waals surface area contributed by atoms with Gasteiger partial charge in [-0.25, -0.2) is 0 Å². The number of anilines is 1. The third-order valence-electron chi connectivity index (χ3n) is 1.85. The molecule has 2 N–H and O–H groups in total. The zero-order chi connectivity index (χ0) is 12.7. The summed E-state index contributed by atoms with van der Waals surface area (Å²) in [5, 5.41) is 20.3. The van der Waals surface area contributed by atoms with Crippen LogP contribution in [0.3, 0.4) is 0 Å². The van der Waals surface area contributed by atoms with Crippen molar-refractivity contribution < 1.29 is 14.6 Å². The molecule has 6 nitrogen and oxygen atoms in total. The molecule has 0 saturated heterocycles. The van der Waals surface area contributed by atoms with Gasteiger partial charge in [0.15, 0.2) is 4.34 Å². The number of hydrogen-bond donors (Lipinski definition) is 2. The van der Waals surface area contributed by atoms with Crippen LogP contribution in [0.4, 0.5) is 5.13 Å². The molecule has 0 saturated carbocycles. The summed E-state index contributed by atoms with van der Waals surface area (Å²) in [6.07, 6.45) is 0.883.